The molecule has 1 heterocycles. The number of amides is 1. The summed E-state index contributed by atoms with van der Waals surface area (Å²) >= 11 is 0. The Morgan fingerprint density at radius 3 is 2.39 bits per heavy atom. The zero-order valence-electron chi connectivity index (χ0n) is 14.1. The molecule has 1 atom stereocenters. The molecule has 0 saturated heterocycles. The van der Waals surface area contributed by atoms with Crippen molar-refractivity contribution >= 4 is 24.1 Å². The first-order valence-corrected chi connectivity index (χ1v) is 7.62. The highest BCUT2D eigenvalue weighted by Crippen LogP contribution is 2.18. The smallest absolute Gasteiger partial charge is 0.242 e. The molecule has 0 bridgehead atoms. The van der Waals surface area contributed by atoms with Crippen molar-refractivity contribution in [2.24, 2.45) is 5.73 Å². The third kappa shape index (κ3) is 4.81. The molecule has 23 heavy (non-hydrogen) atoms. The number of nitrogens with zero attached hydrogens (tertiary/aromatic N) is 2. The molecule has 0 aliphatic carbocycles. The van der Waals surface area contributed by atoms with Crippen LogP contribution >= 0.6 is 12.4 Å². The zero-order valence-corrected chi connectivity index (χ0v) is 14.9. The second kappa shape index (κ2) is 8.13. The van der Waals surface area contributed by atoms with E-state index in [0.717, 1.165) is 17.8 Å². The summed E-state index contributed by atoms with van der Waals surface area (Å²) in [6.07, 6.45) is 1.55. The van der Waals surface area contributed by atoms with E-state index in [2.05, 4.69) is 42.5 Å². The van der Waals surface area contributed by atoms with E-state index < -0.39 is 6.04 Å². The fraction of sp³-hybridized carbons (Fsp3) is 0.412. The van der Waals surface area contributed by atoms with Crippen LogP contribution in [0, 0.1) is 20.8 Å². The van der Waals surface area contributed by atoms with Gasteiger partial charge in [-0.15, -0.1) is 17.5 Å². The number of nitrogens with one attached hydrogen (secondary N) is 1. The summed E-state index contributed by atoms with van der Waals surface area (Å²) in [4.78, 5) is 12.0. The van der Waals surface area contributed by atoms with Gasteiger partial charge in [-0.3, -0.25) is 4.79 Å². The zero-order chi connectivity index (χ0) is 16.3. The van der Waals surface area contributed by atoms with Gasteiger partial charge in [-0.1, -0.05) is 19.4 Å². The van der Waals surface area contributed by atoms with Gasteiger partial charge in [-0.25, -0.2) is 4.68 Å². The summed E-state index contributed by atoms with van der Waals surface area (Å²) < 4.78 is 1.83. The molecule has 1 aromatic carbocycles. The molecular formula is C17H25ClN4O. The van der Waals surface area contributed by atoms with E-state index in [-0.39, 0.29) is 18.3 Å². The Labute approximate surface area is 143 Å². The Morgan fingerprint density at radius 1 is 1.22 bits per heavy atom. The van der Waals surface area contributed by atoms with Crippen LogP contribution in [0.25, 0.3) is 5.69 Å². The maximum atomic E-state index is 12.0. The van der Waals surface area contributed by atoms with Gasteiger partial charge in [0.15, 0.2) is 5.82 Å². The fourth-order valence-corrected chi connectivity index (χ4v) is 2.53. The molecular weight excluding hydrogens is 312 g/mol. The van der Waals surface area contributed by atoms with E-state index in [0.29, 0.717) is 12.2 Å². The molecule has 0 saturated carbocycles. The summed E-state index contributed by atoms with van der Waals surface area (Å²) in [5.41, 5.74) is 10.1. The van der Waals surface area contributed by atoms with E-state index >= 15 is 0 Å². The van der Waals surface area contributed by atoms with E-state index in [4.69, 9.17) is 5.73 Å². The molecule has 2 rings (SSSR count). The number of carbonyl (C=O) groups is 1. The minimum atomic E-state index is -0.489. The Bertz CT molecular complexity index is 661. The second-order valence-electron chi connectivity index (χ2n) is 5.81. The van der Waals surface area contributed by atoms with E-state index in [1.54, 1.807) is 0 Å². The third-order valence-corrected chi connectivity index (χ3v) is 3.53. The molecule has 3 N–H and O–H groups in total. The van der Waals surface area contributed by atoms with Crippen molar-refractivity contribution in [1.82, 2.24) is 9.78 Å². The van der Waals surface area contributed by atoms with Crippen molar-refractivity contribution in [1.29, 1.82) is 0 Å². The normalized spacial score (nSPS) is 11.7. The maximum Gasteiger partial charge on any atom is 0.242 e. The van der Waals surface area contributed by atoms with Crippen LogP contribution in [-0.2, 0) is 4.79 Å². The second-order valence-corrected chi connectivity index (χ2v) is 5.81. The molecule has 6 heteroatoms. The summed E-state index contributed by atoms with van der Waals surface area (Å²) in [5.74, 6) is 0.347. The van der Waals surface area contributed by atoms with Crippen LogP contribution in [0.1, 0.15) is 36.6 Å². The van der Waals surface area contributed by atoms with Crippen LogP contribution in [0.5, 0.6) is 0 Å². The van der Waals surface area contributed by atoms with Gasteiger partial charge < -0.3 is 11.1 Å². The minimum absolute atomic E-state index is 0. The van der Waals surface area contributed by atoms with Crippen molar-refractivity contribution in [2.45, 2.75) is 46.6 Å². The standard InChI is InChI=1S/C17H24N4O.ClH/c1-5-6-15(18)17(22)19-16-10-13(4)21(20-16)14-8-11(2)7-12(3)9-14;/h7-10,15H,5-6,18H2,1-4H3,(H,19,20,22);1H. The molecule has 1 aromatic heterocycles. The van der Waals surface area contributed by atoms with Crippen molar-refractivity contribution in [2.75, 3.05) is 5.32 Å². The molecule has 0 radical (unpaired) electrons. The first-order valence-electron chi connectivity index (χ1n) is 7.62. The minimum Gasteiger partial charge on any atom is -0.320 e. The number of aromatic nitrogens is 2. The van der Waals surface area contributed by atoms with Gasteiger partial charge in [0, 0.05) is 11.8 Å². The molecule has 1 amide bonds. The Kier molecular flexibility index (Phi) is 6.79. The Hall–Kier alpha value is -1.85. The number of halogens is 1. The first kappa shape index (κ1) is 19.2. The summed E-state index contributed by atoms with van der Waals surface area (Å²) in [6, 6.07) is 7.63. The first-order chi connectivity index (χ1) is 10.4. The highest BCUT2D eigenvalue weighted by molar-refractivity contribution is 5.93. The Morgan fingerprint density at radius 2 is 1.83 bits per heavy atom. The number of aryl methyl sites for hydroxylation is 3. The molecule has 0 aliphatic heterocycles. The SMILES string of the molecule is CCCC(N)C(=O)Nc1cc(C)n(-c2cc(C)cc(C)c2)n1.Cl. The van der Waals surface area contributed by atoms with Crippen molar-refractivity contribution in [3.8, 4) is 5.69 Å². The predicted molar refractivity (Wildman–Crippen MR) is 96.5 cm³/mol. The predicted octanol–water partition coefficient (Wildman–Crippen LogP) is 3.29. The van der Waals surface area contributed by atoms with Crippen molar-refractivity contribution in [3.05, 3.63) is 41.1 Å². The maximum absolute atomic E-state index is 12.0. The molecule has 1 unspecified atom stereocenters. The van der Waals surface area contributed by atoms with Gasteiger partial charge in [0.2, 0.25) is 5.91 Å². The lowest BCUT2D eigenvalue weighted by Crippen LogP contribution is -2.35. The van der Waals surface area contributed by atoms with Crippen LogP contribution in [0.4, 0.5) is 5.82 Å². The quantitative estimate of drug-likeness (QED) is 0.880. The topological polar surface area (TPSA) is 72.9 Å². The molecule has 0 fully saturated rings. The van der Waals surface area contributed by atoms with Gasteiger partial charge >= 0.3 is 0 Å². The Balaban J connectivity index is 0.00000264. The molecule has 126 valence electrons. The van der Waals surface area contributed by atoms with Crippen LogP contribution in [0.2, 0.25) is 0 Å². The highest BCUT2D eigenvalue weighted by atomic mass is 35.5. The largest absolute Gasteiger partial charge is 0.320 e. The summed E-state index contributed by atoms with van der Waals surface area (Å²) in [7, 11) is 0. The van der Waals surface area contributed by atoms with Crippen molar-refractivity contribution < 1.29 is 4.79 Å². The number of hydrogen-bond donors (Lipinski definition) is 2. The van der Waals surface area contributed by atoms with Crippen LogP contribution in [-0.4, -0.2) is 21.7 Å². The summed E-state index contributed by atoms with van der Waals surface area (Å²) in [6.45, 7) is 8.09. The number of hydrogen-bond acceptors (Lipinski definition) is 3. The molecule has 5 nitrogen and oxygen atoms in total. The van der Waals surface area contributed by atoms with E-state index in [1.165, 1.54) is 11.1 Å². The average molecular weight is 337 g/mol. The van der Waals surface area contributed by atoms with E-state index in [9.17, 15) is 4.79 Å². The average Bonchev–Trinajstić information content (AvgIpc) is 2.78. The summed E-state index contributed by atoms with van der Waals surface area (Å²) in [5, 5.41) is 7.26. The lowest BCUT2D eigenvalue weighted by Gasteiger charge is -2.09. The van der Waals surface area contributed by atoms with Gasteiger partial charge in [-0.2, -0.15) is 0 Å². The number of nitrogens with two attached hydrogens (primary N) is 1. The van der Waals surface area contributed by atoms with Crippen LogP contribution in [0.15, 0.2) is 24.3 Å². The number of carbonyl (C=O) groups excluding carboxylic acids is 1. The molecule has 2 aromatic rings. The van der Waals surface area contributed by atoms with Crippen LogP contribution < -0.4 is 11.1 Å². The van der Waals surface area contributed by atoms with Gasteiger partial charge in [-0.05, 0) is 50.5 Å². The van der Waals surface area contributed by atoms with Gasteiger partial charge in [0.1, 0.15) is 0 Å². The number of rotatable bonds is 5. The lowest BCUT2D eigenvalue weighted by molar-refractivity contribution is -0.117. The lowest BCUT2D eigenvalue weighted by atomic mass is 10.1. The fourth-order valence-electron chi connectivity index (χ4n) is 2.53. The van der Waals surface area contributed by atoms with Crippen molar-refractivity contribution in [3.63, 3.8) is 0 Å². The third-order valence-electron chi connectivity index (χ3n) is 3.53. The molecule has 0 aliphatic rings. The number of benzene rings is 1. The monoisotopic (exact) mass is 336 g/mol. The van der Waals surface area contributed by atoms with E-state index in [1.807, 2.05) is 24.6 Å². The van der Waals surface area contributed by atoms with Gasteiger partial charge in [0.25, 0.3) is 0 Å². The highest BCUT2D eigenvalue weighted by Gasteiger charge is 2.15. The molecule has 0 spiro atoms. The van der Waals surface area contributed by atoms with Crippen LogP contribution in [0.3, 0.4) is 0 Å². The number of anilines is 1. The van der Waals surface area contributed by atoms with Gasteiger partial charge in [0.05, 0.1) is 11.7 Å².